The highest BCUT2D eigenvalue weighted by atomic mass is 16.5. The molecule has 0 bridgehead atoms. The summed E-state index contributed by atoms with van der Waals surface area (Å²) in [6.45, 7) is 4.68. The summed E-state index contributed by atoms with van der Waals surface area (Å²) in [5.74, 6) is 0.397. The highest BCUT2D eigenvalue weighted by Gasteiger charge is 2.12. The molecule has 6 heteroatoms. The number of primary amides is 1. The van der Waals surface area contributed by atoms with Gasteiger partial charge in [-0.25, -0.2) is 0 Å². The first kappa shape index (κ1) is 22.8. The van der Waals surface area contributed by atoms with E-state index in [1.807, 2.05) is 48.5 Å². The Morgan fingerprint density at radius 2 is 1.76 bits per heavy atom. The molecule has 0 radical (unpaired) electrons. The Hall–Kier alpha value is -3.38. The fraction of sp³-hybridized carbons (Fsp3) is 0.333. The second-order valence-corrected chi connectivity index (χ2v) is 8.50. The van der Waals surface area contributed by atoms with Crippen LogP contribution in [0.15, 0.2) is 66.9 Å². The molecular formula is C27H32N4O2. The van der Waals surface area contributed by atoms with Crippen molar-refractivity contribution >= 4 is 11.6 Å². The molecule has 6 nitrogen and oxygen atoms in total. The third kappa shape index (κ3) is 6.80. The first-order valence-corrected chi connectivity index (χ1v) is 11.7. The Morgan fingerprint density at radius 1 is 1.00 bits per heavy atom. The zero-order valence-electron chi connectivity index (χ0n) is 19.0. The number of carbonyl (C=O) groups is 1. The van der Waals surface area contributed by atoms with Crippen molar-refractivity contribution in [3.05, 3.63) is 89.2 Å². The largest absolute Gasteiger partial charge is 0.492 e. The zero-order valence-corrected chi connectivity index (χ0v) is 19.0. The molecule has 2 aromatic carbocycles. The molecule has 0 saturated carbocycles. The Labute approximate surface area is 195 Å². The van der Waals surface area contributed by atoms with E-state index in [0.717, 1.165) is 29.1 Å². The van der Waals surface area contributed by atoms with Gasteiger partial charge in [-0.1, -0.05) is 48.9 Å². The monoisotopic (exact) mass is 444 g/mol. The number of nitrogens with zero attached hydrogens (tertiary/aromatic N) is 2. The number of carbonyl (C=O) groups excluding carboxylic acids is 1. The van der Waals surface area contributed by atoms with Gasteiger partial charge in [0.2, 0.25) is 0 Å². The maximum atomic E-state index is 11.9. The second-order valence-electron chi connectivity index (χ2n) is 8.50. The molecule has 1 aliphatic rings. The molecule has 0 aliphatic carbocycles. The molecular weight excluding hydrogens is 412 g/mol. The predicted octanol–water partition coefficient (Wildman–Crippen LogP) is 4.25. The van der Waals surface area contributed by atoms with E-state index in [4.69, 9.17) is 10.5 Å². The summed E-state index contributed by atoms with van der Waals surface area (Å²) in [5.41, 5.74) is 9.78. The van der Waals surface area contributed by atoms with E-state index in [1.165, 1.54) is 32.4 Å². The molecule has 1 aromatic heterocycles. The molecule has 1 aliphatic heterocycles. The summed E-state index contributed by atoms with van der Waals surface area (Å²) < 4.78 is 5.93. The average molecular weight is 445 g/mol. The summed E-state index contributed by atoms with van der Waals surface area (Å²) in [5, 5.41) is 3.33. The first-order chi connectivity index (χ1) is 16.2. The standard InChI is InChI=1S/C27H32N4O2/c28-27(32)25-20-29-23(18-26(25)30-19-22-7-3-1-4-8-22)17-21-9-11-24(12-10-21)33-16-15-31-13-5-2-6-14-31/h1,3-4,7-12,18,20H,2,5-6,13-17,19H2,(H2,28,32)(H,29,30). The third-order valence-corrected chi connectivity index (χ3v) is 5.99. The number of nitrogens with two attached hydrogens (primary N) is 1. The first-order valence-electron chi connectivity index (χ1n) is 11.7. The van der Waals surface area contributed by atoms with E-state index >= 15 is 0 Å². The molecule has 0 unspecified atom stereocenters. The Balaban J connectivity index is 1.35. The maximum Gasteiger partial charge on any atom is 0.252 e. The molecule has 1 fully saturated rings. The van der Waals surface area contributed by atoms with Gasteiger partial charge in [-0.2, -0.15) is 0 Å². The summed E-state index contributed by atoms with van der Waals surface area (Å²) in [6.07, 6.45) is 6.17. The van der Waals surface area contributed by atoms with E-state index in [-0.39, 0.29) is 0 Å². The highest BCUT2D eigenvalue weighted by molar-refractivity contribution is 5.98. The van der Waals surface area contributed by atoms with Crippen molar-refractivity contribution in [2.24, 2.45) is 5.73 Å². The normalized spacial score (nSPS) is 14.1. The lowest BCUT2D eigenvalue weighted by Crippen LogP contribution is -2.33. The van der Waals surface area contributed by atoms with Crippen LogP contribution < -0.4 is 15.8 Å². The molecule has 1 amide bonds. The number of piperidine rings is 1. The Bertz CT molecular complexity index is 1030. The molecule has 0 spiro atoms. The number of amides is 1. The van der Waals surface area contributed by atoms with Gasteiger partial charge in [0, 0.05) is 31.4 Å². The summed E-state index contributed by atoms with van der Waals surface area (Å²) >= 11 is 0. The van der Waals surface area contributed by atoms with Gasteiger partial charge in [-0.15, -0.1) is 0 Å². The molecule has 0 atom stereocenters. The van der Waals surface area contributed by atoms with Crippen LogP contribution in [0.1, 0.15) is 46.4 Å². The van der Waals surface area contributed by atoms with E-state index in [2.05, 4.69) is 27.3 Å². The van der Waals surface area contributed by atoms with Crippen LogP contribution in [-0.4, -0.2) is 42.0 Å². The van der Waals surface area contributed by atoms with Crippen LogP contribution >= 0.6 is 0 Å². The topological polar surface area (TPSA) is 80.5 Å². The summed E-state index contributed by atoms with van der Waals surface area (Å²) in [4.78, 5) is 18.8. The fourth-order valence-electron chi connectivity index (χ4n) is 4.12. The van der Waals surface area contributed by atoms with Crippen molar-refractivity contribution in [1.29, 1.82) is 0 Å². The average Bonchev–Trinajstić information content (AvgIpc) is 2.85. The lowest BCUT2D eigenvalue weighted by molar-refractivity contribution is 0.100. The molecule has 4 rings (SSSR count). The van der Waals surface area contributed by atoms with Gasteiger partial charge >= 0.3 is 0 Å². The highest BCUT2D eigenvalue weighted by Crippen LogP contribution is 2.20. The van der Waals surface area contributed by atoms with Crippen molar-refractivity contribution < 1.29 is 9.53 Å². The third-order valence-electron chi connectivity index (χ3n) is 5.99. The Morgan fingerprint density at radius 3 is 2.48 bits per heavy atom. The molecule has 33 heavy (non-hydrogen) atoms. The number of pyridine rings is 1. The summed E-state index contributed by atoms with van der Waals surface area (Å²) in [6, 6.07) is 20.1. The van der Waals surface area contributed by atoms with E-state index in [9.17, 15) is 4.79 Å². The Kier molecular flexibility index (Phi) is 7.93. The van der Waals surface area contributed by atoms with Gasteiger partial charge in [-0.05, 0) is 55.3 Å². The van der Waals surface area contributed by atoms with Crippen LogP contribution in [0.4, 0.5) is 5.69 Å². The number of likely N-dealkylation sites (tertiary alicyclic amines) is 1. The second kappa shape index (κ2) is 11.5. The van der Waals surface area contributed by atoms with Crippen molar-refractivity contribution in [2.75, 3.05) is 31.6 Å². The molecule has 1 saturated heterocycles. The number of nitrogens with one attached hydrogen (secondary N) is 1. The van der Waals surface area contributed by atoms with Crippen molar-refractivity contribution in [2.45, 2.75) is 32.2 Å². The van der Waals surface area contributed by atoms with Crippen LogP contribution in [-0.2, 0) is 13.0 Å². The van der Waals surface area contributed by atoms with Crippen LogP contribution in [0, 0.1) is 0 Å². The number of ether oxygens (including phenoxy) is 1. The lowest BCUT2D eigenvalue weighted by Gasteiger charge is -2.26. The van der Waals surface area contributed by atoms with Gasteiger partial charge in [0.25, 0.3) is 5.91 Å². The van der Waals surface area contributed by atoms with Crippen LogP contribution in [0.2, 0.25) is 0 Å². The predicted molar refractivity (Wildman–Crippen MR) is 132 cm³/mol. The number of benzene rings is 2. The minimum Gasteiger partial charge on any atom is -0.492 e. The minimum absolute atomic E-state index is 0.395. The molecule has 172 valence electrons. The number of rotatable bonds is 10. The molecule has 2 heterocycles. The SMILES string of the molecule is NC(=O)c1cnc(Cc2ccc(OCCN3CCCCC3)cc2)cc1NCc1ccccc1. The maximum absolute atomic E-state index is 11.9. The van der Waals surface area contributed by atoms with Crippen LogP contribution in [0.5, 0.6) is 5.75 Å². The van der Waals surface area contributed by atoms with Gasteiger partial charge in [0.1, 0.15) is 12.4 Å². The summed E-state index contributed by atoms with van der Waals surface area (Å²) in [7, 11) is 0. The van der Waals surface area contributed by atoms with E-state index in [1.54, 1.807) is 6.20 Å². The molecule has 3 aromatic rings. The fourth-order valence-corrected chi connectivity index (χ4v) is 4.12. The lowest BCUT2D eigenvalue weighted by atomic mass is 10.1. The zero-order chi connectivity index (χ0) is 22.9. The van der Waals surface area contributed by atoms with Crippen molar-refractivity contribution in [1.82, 2.24) is 9.88 Å². The van der Waals surface area contributed by atoms with Gasteiger partial charge in [0.05, 0.1) is 11.3 Å². The van der Waals surface area contributed by atoms with Crippen LogP contribution in [0.25, 0.3) is 0 Å². The minimum atomic E-state index is -0.490. The smallest absolute Gasteiger partial charge is 0.252 e. The quantitative estimate of drug-likeness (QED) is 0.489. The number of anilines is 1. The van der Waals surface area contributed by atoms with Gasteiger partial charge in [0.15, 0.2) is 0 Å². The van der Waals surface area contributed by atoms with Gasteiger partial charge < -0.3 is 15.8 Å². The number of aromatic nitrogens is 1. The van der Waals surface area contributed by atoms with Crippen LogP contribution in [0.3, 0.4) is 0 Å². The van der Waals surface area contributed by atoms with Gasteiger partial charge in [-0.3, -0.25) is 14.7 Å². The van der Waals surface area contributed by atoms with Crippen molar-refractivity contribution in [3.63, 3.8) is 0 Å². The number of hydrogen-bond donors (Lipinski definition) is 2. The number of hydrogen-bond acceptors (Lipinski definition) is 5. The van der Waals surface area contributed by atoms with E-state index < -0.39 is 5.91 Å². The van der Waals surface area contributed by atoms with Crippen molar-refractivity contribution in [3.8, 4) is 5.75 Å². The van der Waals surface area contributed by atoms with E-state index in [0.29, 0.717) is 30.8 Å². The molecule has 3 N–H and O–H groups in total.